The Morgan fingerprint density at radius 2 is 2.29 bits per heavy atom. The largest absolute Gasteiger partial charge is 0.334 e. The molecule has 1 N–H and O–H groups in total. The fourth-order valence-electron chi connectivity index (χ4n) is 0.592. The van der Waals surface area contributed by atoms with Crippen LogP contribution in [0.5, 0.6) is 0 Å². The Hall–Kier alpha value is -1.38. The van der Waals surface area contributed by atoms with Crippen molar-refractivity contribution in [3.63, 3.8) is 0 Å². The van der Waals surface area contributed by atoms with Crippen molar-refractivity contribution in [1.82, 2.24) is 5.32 Å². The Labute approximate surface area is 83.2 Å². The molecule has 0 spiro atoms. The zero-order valence-electron chi connectivity index (χ0n) is 8.37. The zero-order valence-corrected chi connectivity index (χ0v) is 8.37. The maximum absolute atomic E-state index is 11.1. The van der Waals surface area contributed by atoms with E-state index in [0.29, 0.717) is 12.2 Å². The monoisotopic (exact) mass is 198 g/mol. The summed E-state index contributed by atoms with van der Waals surface area (Å²) in [5.41, 5.74) is 0.349. The lowest BCUT2D eigenvalue weighted by Gasteiger charge is -2.10. The van der Waals surface area contributed by atoms with Gasteiger partial charge in [0.05, 0.1) is 12.7 Å². The highest BCUT2D eigenvalue weighted by molar-refractivity contribution is 5.92. The van der Waals surface area contributed by atoms with Gasteiger partial charge in [0.2, 0.25) is 5.91 Å². The molecule has 0 fully saturated rings. The van der Waals surface area contributed by atoms with E-state index in [2.05, 4.69) is 21.7 Å². The van der Waals surface area contributed by atoms with E-state index in [1.54, 1.807) is 13.8 Å². The van der Waals surface area contributed by atoms with E-state index >= 15 is 0 Å². The number of hydrogen-bond donors (Lipinski definition) is 1. The fraction of sp³-hybridized carbons (Fsp3) is 0.556. The normalized spacial score (nSPS) is 11.5. The predicted octanol–water partition coefficient (Wildman–Crippen LogP) is 0.539. The molecule has 0 rings (SSSR count). The first-order valence-corrected chi connectivity index (χ1v) is 4.22. The van der Waals surface area contributed by atoms with Crippen LogP contribution in [-0.2, 0) is 14.6 Å². The van der Waals surface area contributed by atoms with E-state index in [9.17, 15) is 4.79 Å². The molecule has 0 heterocycles. The van der Waals surface area contributed by atoms with Crippen LogP contribution in [0.15, 0.2) is 12.2 Å². The first-order chi connectivity index (χ1) is 6.61. The second kappa shape index (κ2) is 7.06. The van der Waals surface area contributed by atoms with Crippen LogP contribution >= 0.6 is 0 Å². The van der Waals surface area contributed by atoms with Crippen LogP contribution in [0.25, 0.3) is 0 Å². The number of carbonyl (C=O) groups is 1. The standard InChI is InChI=1S/C9H14N2O3/c1-4-13-14-6-8(5-10)11-9(12)7(2)3/h8H,2,4,6H2,1,3H3,(H,11,12). The number of amides is 1. The maximum atomic E-state index is 11.1. The summed E-state index contributed by atoms with van der Waals surface area (Å²) in [5.74, 6) is -0.364. The van der Waals surface area contributed by atoms with Gasteiger partial charge in [0, 0.05) is 5.57 Å². The van der Waals surface area contributed by atoms with Crippen molar-refractivity contribution in [2.75, 3.05) is 13.2 Å². The van der Waals surface area contributed by atoms with Gasteiger partial charge in [-0.3, -0.25) is 4.79 Å². The number of nitrogens with zero attached hydrogens (tertiary/aromatic N) is 1. The molecule has 0 aliphatic heterocycles. The molecular formula is C9H14N2O3. The lowest BCUT2D eigenvalue weighted by molar-refractivity contribution is -0.292. The van der Waals surface area contributed by atoms with Gasteiger partial charge >= 0.3 is 0 Å². The minimum Gasteiger partial charge on any atom is -0.334 e. The minimum atomic E-state index is -0.717. The lowest BCUT2D eigenvalue weighted by atomic mass is 10.3. The van der Waals surface area contributed by atoms with E-state index in [1.807, 2.05) is 6.07 Å². The molecule has 0 aromatic rings. The molecule has 5 nitrogen and oxygen atoms in total. The van der Waals surface area contributed by atoms with Crippen molar-refractivity contribution in [3.8, 4) is 6.07 Å². The molecule has 5 heteroatoms. The molecule has 0 aliphatic rings. The van der Waals surface area contributed by atoms with Crippen LogP contribution in [0.1, 0.15) is 13.8 Å². The van der Waals surface area contributed by atoms with Crippen molar-refractivity contribution in [2.24, 2.45) is 0 Å². The maximum Gasteiger partial charge on any atom is 0.247 e. The van der Waals surface area contributed by atoms with E-state index < -0.39 is 6.04 Å². The highest BCUT2D eigenvalue weighted by Crippen LogP contribution is 1.91. The number of hydrogen-bond acceptors (Lipinski definition) is 4. The molecule has 0 radical (unpaired) electrons. The Balaban J connectivity index is 3.86. The lowest BCUT2D eigenvalue weighted by Crippen LogP contribution is -2.37. The molecule has 1 amide bonds. The SMILES string of the molecule is C=C(C)C(=O)NC(C#N)COOCC. The molecule has 0 aromatic carbocycles. The Bertz CT molecular complexity index is 245. The molecule has 1 atom stereocenters. The van der Waals surface area contributed by atoms with Crippen molar-refractivity contribution < 1.29 is 14.6 Å². The van der Waals surface area contributed by atoms with Crippen LogP contribution < -0.4 is 5.32 Å². The summed E-state index contributed by atoms with van der Waals surface area (Å²) in [7, 11) is 0. The van der Waals surface area contributed by atoms with Gasteiger partial charge in [-0.2, -0.15) is 5.26 Å². The fourth-order valence-corrected chi connectivity index (χ4v) is 0.592. The molecule has 0 aliphatic carbocycles. The molecule has 14 heavy (non-hydrogen) atoms. The summed E-state index contributed by atoms with van der Waals surface area (Å²) in [5, 5.41) is 11.0. The first kappa shape index (κ1) is 12.6. The number of rotatable bonds is 6. The van der Waals surface area contributed by atoms with Gasteiger partial charge in [-0.05, 0) is 13.8 Å². The molecule has 0 saturated carbocycles. The molecule has 0 bridgehead atoms. The average Bonchev–Trinajstić information content (AvgIpc) is 2.16. The topological polar surface area (TPSA) is 71.4 Å². The van der Waals surface area contributed by atoms with Crippen LogP contribution in [-0.4, -0.2) is 25.2 Å². The van der Waals surface area contributed by atoms with Gasteiger partial charge < -0.3 is 5.32 Å². The summed E-state index contributed by atoms with van der Waals surface area (Å²) in [6.45, 7) is 7.16. The molecule has 78 valence electrons. The van der Waals surface area contributed by atoms with E-state index in [4.69, 9.17) is 5.26 Å². The summed E-state index contributed by atoms with van der Waals surface area (Å²) in [4.78, 5) is 20.3. The highest BCUT2D eigenvalue weighted by atomic mass is 17.2. The quantitative estimate of drug-likeness (QED) is 0.292. The minimum absolute atomic E-state index is 0.00333. The molecule has 1 unspecified atom stereocenters. The third-order valence-corrected chi connectivity index (χ3v) is 1.28. The summed E-state index contributed by atoms with van der Waals surface area (Å²) >= 11 is 0. The summed E-state index contributed by atoms with van der Waals surface area (Å²) in [6, 6.07) is 1.15. The zero-order chi connectivity index (χ0) is 11.0. The van der Waals surface area contributed by atoms with Gasteiger partial charge in [0.25, 0.3) is 0 Å². The second-order valence-electron chi connectivity index (χ2n) is 2.63. The van der Waals surface area contributed by atoms with Crippen molar-refractivity contribution >= 4 is 5.91 Å². The Morgan fingerprint density at radius 1 is 1.64 bits per heavy atom. The third-order valence-electron chi connectivity index (χ3n) is 1.28. The number of carbonyl (C=O) groups excluding carboxylic acids is 1. The predicted molar refractivity (Wildman–Crippen MR) is 49.9 cm³/mol. The second-order valence-corrected chi connectivity index (χ2v) is 2.63. The van der Waals surface area contributed by atoms with E-state index in [0.717, 1.165) is 0 Å². The summed E-state index contributed by atoms with van der Waals surface area (Å²) in [6.07, 6.45) is 0. The first-order valence-electron chi connectivity index (χ1n) is 4.22. The highest BCUT2D eigenvalue weighted by Gasteiger charge is 2.11. The van der Waals surface area contributed by atoms with Crippen LogP contribution in [0.2, 0.25) is 0 Å². The van der Waals surface area contributed by atoms with Gasteiger partial charge in [0.1, 0.15) is 12.6 Å². The van der Waals surface area contributed by atoms with Crippen molar-refractivity contribution in [1.29, 1.82) is 5.26 Å². The average molecular weight is 198 g/mol. The van der Waals surface area contributed by atoms with E-state index in [-0.39, 0.29) is 12.5 Å². The summed E-state index contributed by atoms with van der Waals surface area (Å²) < 4.78 is 0. The van der Waals surface area contributed by atoms with Gasteiger partial charge in [-0.15, -0.1) is 0 Å². The molecule has 0 aromatic heterocycles. The van der Waals surface area contributed by atoms with Crippen molar-refractivity contribution in [2.45, 2.75) is 19.9 Å². The van der Waals surface area contributed by atoms with Crippen molar-refractivity contribution in [3.05, 3.63) is 12.2 Å². The third kappa shape index (κ3) is 5.30. The van der Waals surface area contributed by atoms with Crippen LogP contribution in [0.3, 0.4) is 0 Å². The Morgan fingerprint density at radius 3 is 2.71 bits per heavy atom. The van der Waals surface area contributed by atoms with Crippen LogP contribution in [0, 0.1) is 11.3 Å². The Kier molecular flexibility index (Phi) is 6.37. The number of nitriles is 1. The van der Waals surface area contributed by atoms with Crippen LogP contribution in [0.4, 0.5) is 0 Å². The van der Waals surface area contributed by atoms with Gasteiger partial charge in [-0.25, -0.2) is 9.78 Å². The smallest absolute Gasteiger partial charge is 0.247 e. The molecular weight excluding hydrogens is 184 g/mol. The van der Waals surface area contributed by atoms with Gasteiger partial charge in [-0.1, -0.05) is 6.58 Å². The van der Waals surface area contributed by atoms with E-state index in [1.165, 1.54) is 0 Å². The number of nitrogens with one attached hydrogen (secondary N) is 1. The molecule has 0 saturated heterocycles. The van der Waals surface area contributed by atoms with Gasteiger partial charge in [0.15, 0.2) is 0 Å².